The van der Waals surface area contributed by atoms with Crippen LogP contribution in [-0.4, -0.2) is 43.4 Å². The third kappa shape index (κ3) is 8.42. The van der Waals surface area contributed by atoms with Crippen molar-refractivity contribution in [2.75, 3.05) is 20.2 Å². The summed E-state index contributed by atoms with van der Waals surface area (Å²) < 4.78 is 81.3. The summed E-state index contributed by atoms with van der Waals surface area (Å²) in [7, 11) is 1.50. The minimum atomic E-state index is -4.46. The molecule has 0 saturated heterocycles. The molecule has 2 rings (SSSR count). The molecule has 29 heavy (non-hydrogen) atoms. The first-order chi connectivity index (χ1) is 13.1. The Hall–Kier alpha value is -1.47. The largest absolute Gasteiger partial charge is 0.476 e. The van der Waals surface area contributed by atoms with Crippen molar-refractivity contribution < 1.29 is 31.1 Å². The number of rotatable bonds is 5. The van der Waals surface area contributed by atoms with Crippen molar-refractivity contribution in [3.05, 3.63) is 23.9 Å². The highest BCUT2D eigenvalue weighted by molar-refractivity contribution is 14.0. The zero-order valence-electron chi connectivity index (χ0n) is 15.6. The zero-order chi connectivity index (χ0) is 20.8. The van der Waals surface area contributed by atoms with E-state index in [0.29, 0.717) is 25.0 Å². The summed E-state index contributed by atoms with van der Waals surface area (Å²) in [6, 6.07) is 1.66. The number of halogens is 7. The van der Waals surface area contributed by atoms with Gasteiger partial charge in [0.05, 0.1) is 18.0 Å². The third-order valence-electron chi connectivity index (χ3n) is 4.41. The minimum Gasteiger partial charge on any atom is -0.476 e. The first-order valence-corrected chi connectivity index (χ1v) is 8.79. The molecule has 0 spiro atoms. The van der Waals surface area contributed by atoms with Crippen LogP contribution < -0.4 is 15.4 Å². The van der Waals surface area contributed by atoms with Gasteiger partial charge in [-0.25, -0.2) is 4.98 Å². The Morgan fingerprint density at radius 3 is 2.48 bits per heavy atom. The zero-order valence-corrected chi connectivity index (χ0v) is 17.9. The number of aromatic nitrogens is 1. The summed E-state index contributed by atoms with van der Waals surface area (Å²) in [5, 5.41) is 5.87. The number of ether oxygens (including phenoxy) is 1. The fraction of sp³-hybridized carbons (Fsp3) is 0.647. The number of hydrogen-bond acceptors (Lipinski definition) is 3. The lowest BCUT2D eigenvalue weighted by Crippen LogP contribution is -2.47. The van der Waals surface area contributed by atoms with Gasteiger partial charge in [-0.3, -0.25) is 4.99 Å². The quantitative estimate of drug-likeness (QED) is 0.192. The molecular weight excluding hydrogens is 517 g/mol. The van der Waals surface area contributed by atoms with Crippen molar-refractivity contribution in [2.45, 2.75) is 44.1 Å². The van der Waals surface area contributed by atoms with E-state index in [0.717, 1.165) is 12.1 Å². The van der Waals surface area contributed by atoms with Crippen molar-refractivity contribution in [3.63, 3.8) is 0 Å². The molecule has 1 aliphatic carbocycles. The van der Waals surface area contributed by atoms with E-state index >= 15 is 0 Å². The maximum atomic E-state index is 12.9. The van der Waals surface area contributed by atoms with E-state index in [9.17, 15) is 26.3 Å². The first kappa shape index (κ1) is 25.6. The third-order valence-corrected chi connectivity index (χ3v) is 4.41. The second-order valence-electron chi connectivity index (χ2n) is 6.48. The van der Waals surface area contributed by atoms with Crippen LogP contribution in [0, 0.1) is 5.92 Å². The summed E-state index contributed by atoms with van der Waals surface area (Å²) in [6.45, 7) is 0.340. The van der Waals surface area contributed by atoms with Crippen LogP contribution in [0.25, 0.3) is 0 Å². The van der Waals surface area contributed by atoms with E-state index in [-0.39, 0.29) is 61.9 Å². The smallest absolute Gasteiger partial charge is 0.417 e. The van der Waals surface area contributed by atoms with Gasteiger partial charge >= 0.3 is 12.4 Å². The number of aliphatic imine (C=N–C) groups is 1. The van der Waals surface area contributed by atoms with E-state index in [1.54, 1.807) is 0 Å². The Morgan fingerprint density at radius 2 is 1.93 bits per heavy atom. The van der Waals surface area contributed by atoms with Gasteiger partial charge in [-0.2, -0.15) is 26.3 Å². The molecule has 1 saturated carbocycles. The topological polar surface area (TPSA) is 58.5 Å². The molecule has 1 aromatic rings. The molecule has 0 aromatic carbocycles. The van der Waals surface area contributed by atoms with Gasteiger partial charge in [0.2, 0.25) is 5.88 Å². The summed E-state index contributed by atoms with van der Waals surface area (Å²) in [5.74, 6) is -0.930. The molecule has 0 amide bonds. The summed E-state index contributed by atoms with van der Waals surface area (Å²) in [6.07, 6.45) is -6.72. The molecule has 0 radical (unpaired) electrons. The normalized spacial score (nSPS) is 20.6. The van der Waals surface area contributed by atoms with Gasteiger partial charge in [0, 0.05) is 25.4 Å². The molecule has 1 aromatic heterocycles. The monoisotopic (exact) mass is 540 g/mol. The lowest BCUT2D eigenvalue weighted by molar-refractivity contribution is -0.183. The lowest BCUT2D eigenvalue weighted by atomic mass is 9.85. The average molecular weight is 540 g/mol. The maximum absolute atomic E-state index is 12.9. The molecular formula is C17H23F6IN4O. The molecule has 1 fully saturated rings. The van der Waals surface area contributed by atoms with Crippen LogP contribution in [0.2, 0.25) is 0 Å². The summed E-state index contributed by atoms with van der Waals surface area (Å²) in [5.41, 5.74) is -0.868. The Kier molecular flexibility index (Phi) is 9.76. The highest BCUT2D eigenvalue weighted by Gasteiger charge is 2.42. The van der Waals surface area contributed by atoms with Gasteiger partial charge in [-0.05, 0) is 25.3 Å². The first-order valence-electron chi connectivity index (χ1n) is 8.79. The molecule has 2 unspecified atom stereocenters. The molecule has 1 aliphatic rings. The van der Waals surface area contributed by atoms with E-state index in [1.165, 1.54) is 7.05 Å². The lowest BCUT2D eigenvalue weighted by Gasteiger charge is -2.31. The standard InChI is InChI=1S/C17H22F6N4O.HI/c1-24-15(27-13-4-2-3-11(9-13)16(18,19)20)25-7-8-28-14-6-5-12(10-26-14)17(21,22)23;/h5-6,10-11,13H,2-4,7-9H2,1H3,(H2,24,25,27);1H. The number of guanidine groups is 1. The Balaban J connectivity index is 0.00000420. The van der Waals surface area contributed by atoms with Crippen molar-refractivity contribution in [1.82, 2.24) is 15.6 Å². The molecule has 5 nitrogen and oxygen atoms in total. The molecule has 2 N–H and O–H groups in total. The van der Waals surface area contributed by atoms with Crippen molar-refractivity contribution in [2.24, 2.45) is 10.9 Å². The molecule has 1 heterocycles. The van der Waals surface area contributed by atoms with Crippen LogP contribution in [0.1, 0.15) is 31.2 Å². The predicted molar refractivity (Wildman–Crippen MR) is 106 cm³/mol. The van der Waals surface area contributed by atoms with Crippen molar-refractivity contribution in [3.8, 4) is 5.88 Å². The number of nitrogens with zero attached hydrogens (tertiary/aromatic N) is 2. The minimum absolute atomic E-state index is 0. The predicted octanol–water partition coefficient (Wildman–Crippen LogP) is 4.38. The number of nitrogens with one attached hydrogen (secondary N) is 2. The molecule has 166 valence electrons. The van der Waals surface area contributed by atoms with Crippen LogP contribution in [0.15, 0.2) is 23.3 Å². The molecule has 0 bridgehead atoms. The summed E-state index contributed by atoms with van der Waals surface area (Å²) in [4.78, 5) is 7.55. The highest BCUT2D eigenvalue weighted by Crippen LogP contribution is 2.37. The van der Waals surface area contributed by atoms with Gasteiger partial charge in [-0.15, -0.1) is 24.0 Å². The number of alkyl halides is 6. The molecule has 2 atom stereocenters. The average Bonchev–Trinajstić information content (AvgIpc) is 2.63. The van der Waals surface area contributed by atoms with Gasteiger partial charge in [0.1, 0.15) is 6.61 Å². The summed E-state index contributed by atoms with van der Waals surface area (Å²) >= 11 is 0. The number of pyridine rings is 1. The van der Waals surface area contributed by atoms with Crippen LogP contribution in [0.3, 0.4) is 0 Å². The second kappa shape index (κ2) is 11.1. The van der Waals surface area contributed by atoms with Crippen LogP contribution >= 0.6 is 24.0 Å². The van der Waals surface area contributed by atoms with E-state index in [4.69, 9.17) is 4.74 Å². The van der Waals surface area contributed by atoms with Crippen LogP contribution in [0.5, 0.6) is 5.88 Å². The fourth-order valence-electron chi connectivity index (χ4n) is 2.96. The SMILES string of the molecule is CN=C(NCCOc1ccc(C(F)(F)F)cn1)NC1CCCC(C(F)(F)F)C1.I. The second-order valence-corrected chi connectivity index (χ2v) is 6.48. The maximum Gasteiger partial charge on any atom is 0.417 e. The Bertz CT molecular complexity index is 651. The van der Waals surface area contributed by atoms with Crippen LogP contribution in [0.4, 0.5) is 26.3 Å². The van der Waals surface area contributed by atoms with Gasteiger partial charge in [0.15, 0.2) is 5.96 Å². The number of hydrogen-bond donors (Lipinski definition) is 2. The van der Waals surface area contributed by atoms with Crippen molar-refractivity contribution >= 4 is 29.9 Å². The highest BCUT2D eigenvalue weighted by atomic mass is 127. The Morgan fingerprint density at radius 1 is 1.21 bits per heavy atom. The van der Waals surface area contributed by atoms with Gasteiger partial charge in [0.25, 0.3) is 0 Å². The molecule has 0 aliphatic heterocycles. The van der Waals surface area contributed by atoms with E-state index < -0.39 is 23.8 Å². The van der Waals surface area contributed by atoms with Gasteiger partial charge < -0.3 is 15.4 Å². The van der Waals surface area contributed by atoms with Crippen molar-refractivity contribution in [1.29, 1.82) is 0 Å². The van der Waals surface area contributed by atoms with E-state index in [2.05, 4.69) is 20.6 Å². The Labute approximate surface area is 181 Å². The van der Waals surface area contributed by atoms with E-state index in [1.807, 2.05) is 0 Å². The van der Waals surface area contributed by atoms with Crippen LogP contribution in [-0.2, 0) is 6.18 Å². The van der Waals surface area contributed by atoms with Gasteiger partial charge in [-0.1, -0.05) is 6.42 Å². The molecule has 12 heteroatoms. The fourth-order valence-corrected chi connectivity index (χ4v) is 2.96.